The van der Waals surface area contributed by atoms with Gasteiger partial charge in [0, 0.05) is 55.2 Å². The molecule has 7 aromatic rings. The summed E-state index contributed by atoms with van der Waals surface area (Å²) in [6.45, 7) is 1.51. The maximum Gasteiger partial charge on any atom is 0.161 e. The Labute approximate surface area is 223 Å². The maximum absolute atomic E-state index is 4.96. The quantitative estimate of drug-likeness (QED) is 0.266. The number of nitrogens with one attached hydrogen (secondary N) is 3. The minimum Gasteiger partial charge on any atom is -0.336 e. The van der Waals surface area contributed by atoms with Gasteiger partial charge in [-0.2, -0.15) is 5.10 Å². The standard InChI is InChI=1S/C30H23N9/c1-2-4-19(5-3-1)15-32-16-20-14-22(18-33-17-20)23-6-7-25-28(35-23)29(39-38-25)30-36-24-10-13-34-26(27(24)37-30)21-8-11-31-12-9-21/h1-14,17-18,32H,15-16H2,(H,36,37)(H,38,39). The summed E-state index contributed by atoms with van der Waals surface area (Å²) in [7, 11) is 0. The van der Waals surface area contributed by atoms with Gasteiger partial charge in [0.15, 0.2) is 11.5 Å². The Balaban J connectivity index is 1.20. The van der Waals surface area contributed by atoms with Gasteiger partial charge in [-0.05, 0) is 47.5 Å². The lowest BCUT2D eigenvalue weighted by Crippen LogP contribution is -2.12. The first-order chi connectivity index (χ1) is 19.3. The molecule has 0 saturated heterocycles. The molecule has 0 radical (unpaired) electrons. The van der Waals surface area contributed by atoms with Crippen molar-refractivity contribution in [2.45, 2.75) is 13.1 Å². The molecule has 0 aliphatic rings. The molecule has 0 saturated carbocycles. The van der Waals surface area contributed by atoms with E-state index in [0.717, 1.165) is 56.7 Å². The fraction of sp³-hybridized carbons (Fsp3) is 0.0667. The predicted octanol–water partition coefficient (Wildman–Crippen LogP) is 5.31. The summed E-state index contributed by atoms with van der Waals surface area (Å²) in [5.41, 5.74) is 9.69. The highest BCUT2D eigenvalue weighted by Gasteiger charge is 2.17. The molecule has 0 fully saturated rings. The van der Waals surface area contributed by atoms with Gasteiger partial charge >= 0.3 is 0 Å². The molecule has 188 valence electrons. The normalized spacial score (nSPS) is 11.4. The average molecular weight is 510 g/mol. The maximum atomic E-state index is 4.96. The van der Waals surface area contributed by atoms with Crippen LogP contribution >= 0.6 is 0 Å². The number of nitrogens with zero attached hydrogens (tertiary/aromatic N) is 6. The van der Waals surface area contributed by atoms with Gasteiger partial charge in [-0.3, -0.25) is 20.1 Å². The number of fused-ring (bicyclic) bond motifs is 2. The Morgan fingerprint density at radius 2 is 1.51 bits per heavy atom. The van der Waals surface area contributed by atoms with Crippen LogP contribution in [0.1, 0.15) is 11.1 Å². The smallest absolute Gasteiger partial charge is 0.161 e. The van der Waals surface area contributed by atoms with Crippen LogP contribution in [0.2, 0.25) is 0 Å². The van der Waals surface area contributed by atoms with Crippen LogP contribution in [0, 0.1) is 0 Å². The SMILES string of the molecule is c1ccc(CNCc2cncc(-c3ccc4[nH]nc(-c5nc6c(-c7ccncc7)nccc6[nH]5)c4n3)c2)cc1. The van der Waals surface area contributed by atoms with Crippen molar-refractivity contribution >= 4 is 22.1 Å². The minimum absolute atomic E-state index is 0.626. The first-order valence-electron chi connectivity index (χ1n) is 12.6. The first kappa shape index (κ1) is 22.9. The molecule has 0 aliphatic heterocycles. The van der Waals surface area contributed by atoms with Crippen molar-refractivity contribution in [2.24, 2.45) is 0 Å². The molecular weight excluding hydrogens is 486 g/mol. The third-order valence-electron chi connectivity index (χ3n) is 6.58. The van der Waals surface area contributed by atoms with Crippen LogP contribution in [0.25, 0.3) is 56.1 Å². The fourth-order valence-electron chi connectivity index (χ4n) is 4.66. The van der Waals surface area contributed by atoms with Crippen molar-refractivity contribution in [1.29, 1.82) is 0 Å². The third kappa shape index (κ3) is 4.51. The Morgan fingerprint density at radius 3 is 2.41 bits per heavy atom. The lowest BCUT2D eigenvalue weighted by Gasteiger charge is -2.07. The molecular formula is C30H23N9. The summed E-state index contributed by atoms with van der Waals surface area (Å²) >= 11 is 0. The number of hydrogen-bond acceptors (Lipinski definition) is 7. The second-order valence-corrected chi connectivity index (χ2v) is 9.21. The summed E-state index contributed by atoms with van der Waals surface area (Å²) in [6, 6.07) is 22.2. The van der Waals surface area contributed by atoms with Crippen molar-refractivity contribution in [3.05, 3.63) is 109 Å². The molecule has 0 amide bonds. The van der Waals surface area contributed by atoms with E-state index in [-0.39, 0.29) is 0 Å². The van der Waals surface area contributed by atoms with Crippen LogP contribution in [0.4, 0.5) is 0 Å². The second-order valence-electron chi connectivity index (χ2n) is 9.21. The molecule has 9 heteroatoms. The van der Waals surface area contributed by atoms with Crippen LogP contribution in [0.3, 0.4) is 0 Å². The number of imidazole rings is 1. The van der Waals surface area contributed by atoms with Crippen LogP contribution in [-0.2, 0) is 13.1 Å². The Hall–Kier alpha value is -5.28. The molecule has 3 N–H and O–H groups in total. The molecule has 39 heavy (non-hydrogen) atoms. The van der Waals surface area contributed by atoms with Crippen LogP contribution in [-0.4, -0.2) is 40.1 Å². The van der Waals surface area contributed by atoms with E-state index in [9.17, 15) is 0 Å². The van der Waals surface area contributed by atoms with Crippen LogP contribution in [0.15, 0.2) is 97.7 Å². The molecule has 0 unspecified atom stereocenters. The summed E-state index contributed by atoms with van der Waals surface area (Å²) in [5, 5.41) is 11.1. The van der Waals surface area contributed by atoms with Gasteiger partial charge in [0.1, 0.15) is 11.0 Å². The molecule has 9 nitrogen and oxygen atoms in total. The van der Waals surface area contributed by atoms with Gasteiger partial charge in [-0.15, -0.1) is 0 Å². The summed E-state index contributed by atoms with van der Waals surface area (Å²) in [4.78, 5) is 26.4. The zero-order valence-corrected chi connectivity index (χ0v) is 20.8. The molecule has 0 bridgehead atoms. The van der Waals surface area contributed by atoms with E-state index in [4.69, 9.17) is 9.97 Å². The van der Waals surface area contributed by atoms with Crippen molar-refractivity contribution in [2.75, 3.05) is 0 Å². The monoisotopic (exact) mass is 509 g/mol. The van der Waals surface area contributed by atoms with E-state index in [1.165, 1.54) is 5.56 Å². The highest BCUT2D eigenvalue weighted by molar-refractivity contribution is 5.95. The van der Waals surface area contributed by atoms with E-state index in [2.05, 4.69) is 53.6 Å². The largest absolute Gasteiger partial charge is 0.336 e. The molecule has 6 aromatic heterocycles. The molecule has 6 heterocycles. The number of aromatic amines is 2. The Morgan fingerprint density at radius 1 is 0.667 bits per heavy atom. The summed E-state index contributed by atoms with van der Waals surface area (Å²) < 4.78 is 0. The zero-order chi connectivity index (χ0) is 26.0. The number of hydrogen-bond donors (Lipinski definition) is 3. The minimum atomic E-state index is 0.626. The zero-order valence-electron chi connectivity index (χ0n) is 20.8. The number of benzene rings is 1. The Kier molecular flexibility index (Phi) is 5.80. The van der Waals surface area contributed by atoms with E-state index >= 15 is 0 Å². The van der Waals surface area contributed by atoms with E-state index in [0.29, 0.717) is 18.1 Å². The molecule has 0 aliphatic carbocycles. The summed E-state index contributed by atoms with van der Waals surface area (Å²) in [5.74, 6) is 0.626. The molecule has 7 rings (SSSR count). The van der Waals surface area contributed by atoms with E-state index in [1.807, 2.05) is 60.9 Å². The lowest BCUT2D eigenvalue weighted by molar-refractivity contribution is 0.691. The van der Waals surface area contributed by atoms with Crippen molar-refractivity contribution in [1.82, 2.24) is 45.4 Å². The first-order valence-corrected chi connectivity index (χ1v) is 12.6. The number of H-pyrrole nitrogens is 2. The van der Waals surface area contributed by atoms with Gasteiger partial charge in [0.25, 0.3) is 0 Å². The summed E-state index contributed by atoms with van der Waals surface area (Å²) in [6.07, 6.45) is 8.99. The van der Waals surface area contributed by atoms with Crippen molar-refractivity contribution < 1.29 is 0 Å². The van der Waals surface area contributed by atoms with Gasteiger partial charge in [-0.25, -0.2) is 9.97 Å². The predicted molar refractivity (Wildman–Crippen MR) is 150 cm³/mol. The topological polar surface area (TPSA) is 121 Å². The lowest BCUT2D eigenvalue weighted by atomic mass is 10.1. The van der Waals surface area contributed by atoms with Gasteiger partial charge in [0.2, 0.25) is 0 Å². The Bertz CT molecular complexity index is 1890. The van der Waals surface area contributed by atoms with Crippen LogP contribution in [0.5, 0.6) is 0 Å². The third-order valence-corrected chi connectivity index (χ3v) is 6.58. The molecule has 1 aromatic carbocycles. The van der Waals surface area contributed by atoms with Crippen molar-refractivity contribution in [3.8, 4) is 34.0 Å². The van der Waals surface area contributed by atoms with Gasteiger partial charge < -0.3 is 10.3 Å². The number of rotatable bonds is 7. The van der Waals surface area contributed by atoms with Gasteiger partial charge in [0.05, 0.1) is 22.4 Å². The van der Waals surface area contributed by atoms with E-state index in [1.54, 1.807) is 18.6 Å². The van der Waals surface area contributed by atoms with E-state index < -0.39 is 0 Å². The molecule has 0 spiro atoms. The number of aromatic nitrogens is 8. The highest BCUT2D eigenvalue weighted by Crippen LogP contribution is 2.30. The van der Waals surface area contributed by atoms with Crippen molar-refractivity contribution in [3.63, 3.8) is 0 Å². The molecule has 0 atom stereocenters. The fourth-order valence-corrected chi connectivity index (χ4v) is 4.66. The second kappa shape index (κ2) is 9.88. The van der Waals surface area contributed by atoms with Gasteiger partial charge in [-0.1, -0.05) is 30.3 Å². The number of pyridine rings is 4. The van der Waals surface area contributed by atoms with Crippen LogP contribution < -0.4 is 5.32 Å². The highest BCUT2D eigenvalue weighted by atomic mass is 15.2. The average Bonchev–Trinajstić information content (AvgIpc) is 3.62.